The number of anilines is 4. The van der Waals surface area contributed by atoms with Gasteiger partial charge in [-0.1, -0.05) is 12.1 Å². The number of ether oxygens (including phenoxy) is 1. The van der Waals surface area contributed by atoms with Crippen molar-refractivity contribution >= 4 is 29.0 Å². The summed E-state index contributed by atoms with van der Waals surface area (Å²) in [5.74, 6) is 0.311. The van der Waals surface area contributed by atoms with Crippen LogP contribution in [0.1, 0.15) is 19.8 Å². The summed E-state index contributed by atoms with van der Waals surface area (Å²) >= 11 is 0. The van der Waals surface area contributed by atoms with Crippen LogP contribution in [-0.4, -0.2) is 35.6 Å². The van der Waals surface area contributed by atoms with E-state index < -0.39 is 0 Å². The number of nitrogens with one attached hydrogen (secondary N) is 1. The number of hydrogen-bond donors (Lipinski definition) is 2. The van der Waals surface area contributed by atoms with Gasteiger partial charge in [0.15, 0.2) is 11.6 Å². The molecular formula is C18H22FN5O2. The van der Waals surface area contributed by atoms with E-state index >= 15 is 0 Å². The summed E-state index contributed by atoms with van der Waals surface area (Å²) in [6.07, 6.45) is 2.75. The van der Waals surface area contributed by atoms with E-state index in [2.05, 4.69) is 15.3 Å². The van der Waals surface area contributed by atoms with Crippen molar-refractivity contribution in [2.75, 3.05) is 35.6 Å². The fraction of sp³-hybridized carbons (Fsp3) is 0.389. The largest absolute Gasteiger partial charge is 0.466 e. The molecule has 1 aromatic carbocycles. The molecule has 0 saturated carbocycles. The lowest BCUT2D eigenvalue weighted by molar-refractivity contribution is -0.148. The standard InChI is InChI=1S/C18H22FN5O2/c1-2-26-18(25)12-7-9-24(10-8-12)17-15(20)16(21-11-22-17)23-14-6-4-3-5-13(14)19/h3-6,11-12H,2,7-10,20H2,1H3,(H,21,22,23). The average molecular weight is 359 g/mol. The van der Waals surface area contributed by atoms with Crippen LogP contribution in [0.5, 0.6) is 0 Å². The average Bonchev–Trinajstić information content (AvgIpc) is 2.65. The van der Waals surface area contributed by atoms with Crippen molar-refractivity contribution in [2.45, 2.75) is 19.8 Å². The molecule has 0 spiro atoms. The maximum absolute atomic E-state index is 13.8. The number of carbonyl (C=O) groups is 1. The van der Waals surface area contributed by atoms with Crippen molar-refractivity contribution in [3.05, 3.63) is 36.4 Å². The molecule has 0 aliphatic carbocycles. The molecule has 8 heteroatoms. The van der Waals surface area contributed by atoms with Crippen molar-refractivity contribution < 1.29 is 13.9 Å². The van der Waals surface area contributed by atoms with Gasteiger partial charge in [0.05, 0.1) is 18.2 Å². The van der Waals surface area contributed by atoms with Gasteiger partial charge in [0.25, 0.3) is 0 Å². The van der Waals surface area contributed by atoms with Crippen LogP contribution in [0.4, 0.5) is 27.4 Å². The monoisotopic (exact) mass is 359 g/mol. The van der Waals surface area contributed by atoms with E-state index in [1.165, 1.54) is 12.4 Å². The Hall–Kier alpha value is -2.90. The van der Waals surface area contributed by atoms with Crippen LogP contribution in [0.3, 0.4) is 0 Å². The van der Waals surface area contributed by atoms with Crippen molar-refractivity contribution in [1.29, 1.82) is 0 Å². The minimum Gasteiger partial charge on any atom is -0.466 e. The van der Waals surface area contributed by atoms with Gasteiger partial charge in [-0.3, -0.25) is 4.79 Å². The van der Waals surface area contributed by atoms with Crippen molar-refractivity contribution in [1.82, 2.24) is 9.97 Å². The van der Waals surface area contributed by atoms with E-state index in [0.29, 0.717) is 55.5 Å². The van der Waals surface area contributed by atoms with Crippen molar-refractivity contribution in [3.63, 3.8) is 0 Å². The Labute approximate surface area is 151 Å². The second kappa shape index (κ2) is 7.99. The van der Waals surface area contributed by atoms with Crippen LogP contribution in [-0.2, 0) is 9.53 Å². The topological polar surface area (TPSA) is 93.4 Å². The Balaban J connectivity index is 1.72. The number of piperidine rings is 1. The highest BCUT2D eigenvalue weighted by molar-refractivity contribution is 5.79. The van der Waals surface area contributed by atoms with Gasteiger partial charge in [0.2, 0.25) is 0 Å². The number of nitrogen functional groups attached to an aromatic ring is 1. The molecule has 0 atom stereocenters. The Morgan fingerprint density at radius 1 is 1.35 bits per heavy atom. The van der Waals surface area contributed by atoms with Crippen LogP contribution in [0.15, 0.2) is 30.6 Å². The quantitative estimate of drug-likeness (QED) is 0.793. The van der Waals surface area contributed by atoms with Gasteiger partial charge in [-0.15, -0.1) is 0 Å². The lowest BCUT2D eigenvalue weighted by Crippen LogP contribution is -2.37. The molecule has 0 bridgehead atoms. The molecule has 1 aliphatic rings. The zero-order chi connectivity index (χ0) is 18.5. The first-order chi connectivity index (χ1) is 12.6. The lowest BCUT2D eigenvalue weighted by atomic mass is 9.97. The number of carbonyl (C=O) groups excluding carboxylic acids is 1. The molecule has 3 N–H and O–H groups in total. The fourth-order valence-electron chi connectivity index (χ4n) is 3.02. The highest BCUT2D eigenvalue weighted by atomic mass is 19.1. The van der Waals surface area contributed by atoms with E-state index in [1.807, 2.05) is 4.90 Å². The Kier molecular flexibility index (Phi) is 5.50. The van der Waals surface area contributed by atoms with Crippen LogP contribution >= 0.6 is 0 Å². The van der Waals surface area contributed by atoms with Crippen molar-refractivity contribution in [2.24, 2.45) is 5.92 Å². The molecule has 138 valence electrons. The molecule has 2 aromatic rings. The number of aromatic nitrogens is 2. The number of hydrogen-bond acceptors (Lipinski definition) is 7. The van der Waals surface area contributed by atoms with Crippen molar-refractivity contribution in [3.8, 4) is 0 Å². The SMILES string of the molecule is CCOC(=O)C1CCN(c2ncnc(Nc3ccccc3F)c2N)CC1. The first-order valence-corrected chi connectivity index (χ1v) is 8.63. The predicted octanol–water partition coefficient (Wildman–Crippen LogP) is 2.72. The number of nitrogens with zero attached hydrogens (tertiary/aromatic N) is 3. The molecule has 0 amide bonds. The molecule has 0 radical (unpaired) electrons. The van der Waals surface area contributed by atoms with E-state index in [-0.39, 0.29) is 17.7 Å². The maximum atomic E-state index is 13.8. The summed E-state index contributed by atoms with van der Waals surface area (Å²) in [5.41, 5.74) is 6.86. The third kappa shape index (κ3) is 3.84. The summed E-state index contributed by atoms with van der Waals surface area (Å²) in [7, 11) is 0. The van der Waals surface area contributed by atoms with Gasteiger partial charge in [-0.25, -0.2) is 14.4 Å². The minimum atomic E-state index is -0.387. The van der Waals surface area contributed by atoms with Gasteiger partial charge in [-0.2, -0.15) is 0 Å². The molecule has 1 aromatic heterocycles. The molecule has 1 fully saturated rings. The molecule has 1 aliphatic heterocycles. The van der Waals surface area contributed by atoms with E-state index in [1.54, 1.807) is 25.1 Å². The van der Waals surface area contributed by atoms with Crippen LogP contribution < -0.4 is 16.0 Å². The summed E-state index contributed by atoms with van der Waals surface area (Å²) < 4.78 is 18.9. The summed E-state index contributed by atoms with van der Waals surface area (Å²) in [4.78, 5) is 22.3. The van der Waals surface area contributed by atoms with E-state index in [4.69, 9.17) is 10.5 Å². The molecule has 3 rings (SSSR count). The molecule has 2 heterocycles. The van der Waals surface area contributed by atoms with Gasteiger partial charge in [-0.05, 0) is 31.9 Å². The Bertz CT molecular complexity index is 778. The third-order valence-electron chi connectivity index (χ3n) is 4.40. The molecule has 7 nitrogen and oxygen atoms in total. The van der Waals surface area contributed by atoms with E-state index in [0.717, 1.165) is 0 Å². The summed E-state index contributed by atoms with van der Waals surface area (Å²) in [6.45, 7) is 3.48. The highest BCUT2D eigenvalue weighted by Gasteiger charge is 2.28. The predicted molar refractivity (Wildman–Crippen MR) is 97.7 cm³/mol. The first kappa shape index (κ1) is 17.9. The first-order valence-electron chi connectivity index (χ1n) is 8.63. The highest BCUT2D eigenvalue weighted by Crippen LogP contribution is 2.31. The zero-order valence-electron chi connectivity index (χ0n) is 14.6. The molecule has 1 saturated heterocycles. The lowest BCUT2D eigenvalue weighted by Gasteiger charge is -2.32. The van der Waals surface area contributed by atoms with Crippen LogP contribution in [0, 0.1) is 11.7 Å². The smallest absolute Gasteiger partial charge is 0.309 e. The van der Waals surface area contributed by atoms with Gasteiger partial charge in [0, 0.05) is 13.1 Å². The molecule has 26 heavy (non-hydrogen) atoms. The van der Waals surface area contributed by atoms with Crippen LogP contribution in [0.2, 0.25) is 0 Å². The maximum Gasteiger partial charge on any atom is 0.309 e. The summed E-state index contributed by atoms with van der Waals surface area (Å²) in [5, 5.41) is 2.91. The molecule has 0 unspecified atom stereocenters. The van der Waals surface area contributed by atoms with Gasteiger partial charge < -0.3 is 20.7 Å². The fourth-order valence-corrected chi connectivity index (χ4v) is 3.02. The third-order valence-corrected chi connectivity index (χ3v) is 4.40. The number of halogens is 1. The van der Waals surface area contributed by atoms with E-state index in [9.17, 15) is 9.18 Å². The second-order valence-electron chi connectivity index (χ2n) is 6.08. The molecular weight excluding hydrogens is 337 g/mol. The normalized spacial score (nSPS) is 14.9. The van der Waals surface area contributed by atoms with Gasteiger partial charge >= 0.3 is 5.97 Å². The number of rotatable bonds is 5. The Morgan fingerprint density at radius 3 is 2.77 bits per heavy atom. The number of nitrogens with two attached hydrogens (primary N) is 1. The number of benzene rings is 1. The Morgan fingerprint density at radius 2 is 2.08 bits per heavy atom. The zero-order valence-corrected chi connectivity index (χ0v) is 14.6. The number of para-hydroxylation sites is 1. The minimum absolute atomic E-state index is 0.0923. The van der Waals surface area contributed by atoms with Crippen LogP contribution in [0.25, 0.3) is 0 Å². The summed E-state index contributed by atoms with van der Waals surface area (Å²) in [6, 6.07) is 6.31. The number of esters is 1. The second-order valence-corrected chi connectivity index (χ2v) is 6.08. The van der Waals surface area contributed by atoms with Gasteiger partial charge in [0.1, 0.15) is 17.8 Å².